The predicted molar refractivity (Wildman–Crippen MR) is 97.7 cm³/mol. The summed E-state index contributed by atoms with van der Waals surface area (Å²) in [5.74, 6) is 0.493. The molecule has 4 atom stereocenters. The minimum atomic E-state index is -0.450. The van der Waals surface area contributed by atoms with E-state index in [1.807, 2.05) is 19.9 Å². The zero-order chi connectivity index (χ0) is 17.4. The number of fused-ring (bicyclic) bond motifs is 7. The molecule has 3 heteroatoms. The van der Waals surface area contributed by atoms with Gasteiger partial charge in [0, 0.05) is 18.2 Å². The number of anilines is 1. The maximum atomic E-state index is 13.0. The quantitative estimate of drug-likeness (QED) is 0.834. The van der Waals surface area contributed by atoms with Crippen LogP contribution < -0.4 is 4.90 Å². The molecule has 0 spiro atoms. The van der Waals surface area contributed by atoms with Crippen LogP contribution in [0.1, 0.15) is 37.8 Å². The van der Waals surface area contributed by atoms with Crippen LogP contribution in [-0.4, -0.2) is 23.5 Å². The second kappa shape index (κ2) is 4.73. The fraction of sp³-hybridized carbons (Fsp3) is 0.409. The molecule has 0 N–H and O–H groups in total. The van der Waals surface area contributed by atoms with E-state index in [9.17, 15) is 4.79 Å². The first-order chi connectivity index (χ1) is 11.9. The molecule has 0 aromatic heterocycles. The van der Waals surface area contributed by atoms with E-state index in [-0.39, 0.29) is 23.8 Å². The normalized spacial score (nSPS) is 34.3. The maximum absolute atomic E-state index is 13.0. The van der Waals surface area contributed by atoms with Crippen molar-refractivity contribution in [3.8, 4) is 0 Å². The topological polar surface area (TPSA) is 29.5 Å². The average Bonchev–Trinajstić information content (AvgIpc) is 3.16. The van der Waals surface area contributed by atoms with Crippen LogP contribution >= 0.6 is 0 Å². The van der Waals surface area contributed by atoms with Gasteiger partial charge in [-0.05, 0) is 38.0 Å². The Bertz CT molecular complexity index is 859. The Labute approximate surface area is 148 Å². The minimum absolute atomic E-state index is 0.100. The van der Waals surface area contributed by atoms with Crippen molar-refractivity contribution in [2.45, 2.75) is 51.0 Å². The first kappa shape index (κ1) is 15.2. The molecule has 5 rings (SSSR count). The van der Waals surface area contributed by atoms with Crippen molar-refractivity contribution >= 4 is 11.5 Å². The molecule has 2 fully saturated rings. The maximum Gasteiger partial charge on any atom is 0.172 e. The van der Waals surface area contributed by atoms with E-state index in [2.05, 4.69) is 60.4 Å². The van der Waals surface area contributed by atoms with Gasteiger partial charge in [0.05, 0.1) is 17.1 Å². The highest BCUT2D eigenvalue weighted by molar-refractivity contribution is 5.96. The third-order valence-electron chi connectivity index (χ3n) is 6.87. The molecular formula is C22H23NO2. The fourth-order valence-electron chi connectivity index (χ4n) is 5.22. The molecular weight excluding hydrogens is 310 g/mol. The Morgan fingerprint density at radius 3 is 2.44 bits per heavy atom. The van der Waals surface area contributed by atoms with E-state index in [4.69, 9.17) is 4.74 Å². The summed E-state index contributed by atoms with van der Waals surface area (Å²) in [6.45, 7) is 7.04. The van der Waals surface area contributed by atoms with Gasteiger partial charge in [0.15, 0.2) is 5.78 Å². The zero-order valence-corrected chi connectivity index (χ0v) is 14.9. The number of carbonyl (C=O) groups excluding carboxylic acids is 1. The molecule has 3 aliphatic heterocycles. The lowest BCUT2D eigenvalue weighted by Gasteiger charge is -2.42. The number of benzene rings is 2. The number of nitrogens with zero attached hydrogens (tertiary/aromatic N) is 1. The monoisotopic (exact) mass is 333 g/mol. The van der Waals surface area contributed by atoms with E-state index in [0.717, 1.165) is 6.54 Å². The van der Waals surface area contributed by atoms with Crippen molar-refractivity contribution in [2.75, 3.05) is 4.90 Å². The van der Waals surface area contributed by atoms with Gasteiger partial charge in [-0.15, -0.1) is 0 Å². The second-order valence-corrected chi connectivity index (χ2v) is 8.28. The van der Waals surface area contributed by atoms with Crippen molar-refractivity contribution in [3.63, 3.8) is 0 Å². The molecule has 3 heterocycles. The van der Waals surface area contributed by atoms with Crippen LogP contribution in [-0.2, 0) is 16.1 Å². The molecule has 2 saturated heterocycles. The van der Waals surface area contributed by atoms with Crippen molar-refractivity contribution in [3.05, 3.63) is 65.7 Å². The highest BCUT2D eigenvalue weighted by Crippen LogP contribution is 2.64. The summed E-state index contributed by atoms with van der Waals surface area (Å²) < 4.78 is 6.39. The van der Waals surface area contributed by atoms with Crippen LogP contribution in [0.5, 0.6) is 0 Å². The first-order valence-electron chi connectivity index (χ1n) is 9.07. The Balaban J connectivity index is 1.64. The lowest BCUT2D eigenvalue weighted by atomic mass is 9.60. The highest BCUT2D eigenvalue weighted by atomic mass is 16.5. The Morgan fingerprint density at radius 2 is 1.68 bits per heavy atom. The van der Waals surface area contributed by atoms with Gasteiger partial charge in [-0.2, -0.15) is 0 Å². The lowest BCUT2D eigenvalue weighted by Crippen LogP contribution is -2.55. The number of carbonyl (C=O) groups is 1. The van der Waals surface area contributed by atoms with Gasteiger partial charge in [0.2, 0.25) is 0 Å². The van der Waals surface area contributed by atoms with Crippen LogP contribution in [0.3, 0.4) is 0 Å². The van der Waals surface area contributed by atoms with Gasteiger partial charge in [-0.3, -0.25) is 4.79 Å². The molecule has 0 amide bonds. The van der Waals surface area contributed by atoms with Gasteiger partial charge in [-0.25, -0.2) is 0 Å². The minimum Gasteiger partial charge on any atom is -0.360 e. The van der Waals surface area contributed by atoms with Gasteiger partial charge < -0.3 is 9.64 Å². The molecule has 3 aliphatic rings. The van der Waals surface area contributed by atoms with Gasteiger partial charge in [0.25, 0.3) is 0 Å². The molecule has 0 unspecified atom stereocenters. The molecule has 2 aromatic carbocycles. The third kappa shape index (κ3) is 1.72. The number of hydrogen-bond donors (Lipinski definition) is 0. The van der Waals surface area contributed by atoms with Gasteiger partial charge in [-0.1, -0.05) is 48.5 Å². The van der Waals surface area contributed by atoms with Gasteiger partial charge in [0.1, 0.15) is 6.10 Å². The third-order valence-corrected chi connectivity index (χ3v) is 6.87. The van der Waals surface area contributed by atoms with Crippen LogP contribution in [0.25, 0.3) is 0 Å². The lowest BCUT2D eigenvalue weighted by molar-refractivity contribution is -0.129. The van der Waals surface area contributed by atoms with Crippen LogP contribution in [0.2, 0.25) is 0 Å². The number of ketones is 1. The Hall–Kier alpha value is -2.13. The van der Waals surface area contributed by atoms with Gasteiger partial charge >= 0.3 is 0 Å². The number of para-hydroxylation sites is 1. The Morgan fingerprint density at radius 1 is 1.00 bits per heavy atom. The van der Waals surface area contributed by atoms with Crippen molar-refractivity contribution < 1.29 is 9.53 Å². The van der Waals surface area contributed by atoms with Crippen LogP contribution in [0.15, 0.2) is 54.6 Å². The first-order valence-corrected chi connectivity index (χ1v) is 9.07. The molecule has 3 nitrogen and oxygen atoms in total. The molecule has 0 saturated carbocycles. The van der Waals surface area contributed by atoms with E-state index in [0.29, 0.717) is 0 Å². The molecule has 2 bridgehead atoms. The molecule has 0 radical (unpaired) electrons. The summed E-state index contributed by atoms with van der Waals surface area (Å²) in [5.41, 5.74) is 2.95. The van der Waals surface area contributed by atoms with E-state index < -0.39 is 11.0 Å². The number of Topliss-reactive ketones (excluding diaryl/α,β-unsaturated/α-hetero) is 1. The average molecular weight is 333 g/mol. The summed E-state index contributed by atoms with van der Waals surface area (Å²) in [4.78, 5) is 15.4. The van der Waals surface area contributed by atoms with Crippen molar-refractivity contribution in [1.29, 1.82) is 0 Å². The number of hydrogen-bond acceptors (Lipinski definition) is 3. The largest absolute Gasteiger partial charge is 0.360 e. The summed E-state index contributed by atoms with van der Waals surface area (Å²) in [5, 5.41) is 0. The SMILES string of the molecule is CC1(C)C(=O)[C@H]2O[C@]1(C)[C@@H]1c3ccccc3N(Cc3ccccc3)[C@H]21. The zero-order valence-electron chi connectivity index (χ0n) is 14.9. The van der Waals surface area contributed by atoms with Crippen LogP contribution in [0, 0.1) is 5.41 Å². The molecule has 128 valence electrons. The van der Waals surface area contributed by atoms with E-state index in [1.54, 1.807) is 0 Å². The molecule has 25 heavy (non-hydrogen) atoms. The summed E-state index contributed by atoms with van der Waals surface area (Å²) >= 11 is 0. The Kier molecular flexibility index (Phi) is 2.87. The second-order valence-electron chi connectivity index (χ2n) is 8.28. The summed E-state index contributed by atoms with van der Waals surface area (Å²) in [6.07, 6.45) is -0.332. The fourth-order valence-corrected chi connectivity index (χ4v) is 5.22. The summed E-state index contributed by atoms with van der Waals surface area (Å²) in [6, 6.07) is 19.2. The molecule has 2 aromatic rings. The number of rotatable bonds is 2. The summed E-state index contributed by atoms with van der Waals surface area (Å²) in [7, 11) is 0. The predicted octanol–water partition coefficient (Wildman–Crippen LogP) is 3.93. The highest BCUT2D eigenvalue weighted by Gasteiger charge is 2.73. The van der Waals surface area contributed by atoms with E-state index in [1.165, 1.54) is 16.8 Å². The smallest absolute Gasteiger partial charge is 0.172 e. The number of ether oxygens (including phenoxy) is 1. The standard InChI is InChI=1S/C22H23NO2/c1-21(2)20(24)19-18-17(22(21,3)25-19)15-11-7-8-12-16(15)23(18)13-14-9-5-4-6-10-14/h4-12,17-19H,13H2,1-3H3/t17-,18+,19+,22-/m1/s1. The van der Waals surface area contributed by atoms with E-state index >= 15 is 0 Å². The molecule has 0 aliphatic carbocycles. The van der Waals surface area contributed by atoms with Crippen molar-refractivity contribution in [1.82, 2.24) is 0 Å². The van der Waals surface area contributed by atoms with Crippen molar-refractivity contribution in [2.24, 2.45) is 5.41 Å². The van der Waals surface area contributed by atoms with Crippen LogP contribution in [0.4, 0.5) is 5.69 Å².